The van der Waals surface area contributed by atoms with Gasteiger partial charge in [-0.25, -0.2) is 0 Å². The average molecular weight is 183 g/mol. The SMILES string of the molecule is CN1CCN(C(=O)C2CC2N)CC1. The second-order valence-corrected chi connectivity index (χ2v) is 4.13. The van der Waals surface area contributed by atoms with Crippen LogP contribution in [0.25, 0.3) is 0 Å². The van der Waals surface area contributed by atoms with E-state index in [2.05, 4.69) is 11.9 Å². The van der Waals surface area contributed by atoms with Gasteiger partial charge in [-0.1, -0.05) is 0 Å². The normalized spacial score (nSPS) is 34.8. The lowest BCUT2D eigenvalue weighted by Gasteiger charge is -2.32. The predicted molar refractivity (Wildman–Crippen MR) is 50.2 cm³/mol. The first-order chi connectivity index (χ1) is 6.18. The molecule has 0 aromatic heterocycles. The van der Waals surface area contributed by atoms with E-state index in [1.807, 2.05) is 4.90 Å². The molecule has 0 aromatic carbocycles. The minimum Gasteiger partial charge on any atom is -0.340 e. The van der Waals surface area contributed by atoms with Gasteiger partial charge in [0.05, 0.1) is 5.92 Å². The topological polar surface area (TPSA) is 49.6 Å². The monoisotopic (exact) mass is 183 g/mol. The van der Waals surface area contributed by atoms with Crippen LogP contribution in [-0.2, 0) is 4.79 Å². The van der Waals surface area contributed by atoms with Crippen molar-refractivity contribution in [2.45, 2.75) is 12.5 Å². The third kappa shape index (κ3) is 1.84. The van der Waals surface area contributed by atoms with E-state index in [0.717, 1.165) is 32.6 Å². The number of carbonyl (C=O) groups excluding carboxylic acids is 1. The predicted octanol–water partition coefficient (Wildman–Crippen LogP) is -0.892. The Morgan fingerprint density at radius 3 is 2.31 bits per heavy atom. The summed E-state index contributed by atoms with van der Waals surface area (Å²) in [7, 11) is 2.09. The van der Waals surface area contributed by atoms with Gasteiger partial charge in [-0.15, -0.1) is 0 Å². The number of rotatable bonds is 1. The van der Waals surface area contributed by atoms with Crippen LogP contribution in [0.2, 0.25) is 0 Å². The Morgan fingerprint density at radius 1 is 1.31 bits per heavy atom. The van der Waals surface area contributed by atoms with E-state index in [-0.39, 0.29) is 17.9 Å². The van der Waals surface area contributed by atoms with E-state index in [0.29, 0.717) is 0 Å². The zero-order valence-corrected chi connectivity index (χ0v) is 8.07. The molecule has 2 atom stereocenters. The van der Waals surface area contributed by atoms with E-state index < -0.39 is 0 Å². The van der Waals surface area contributed by atoms with Crippen LogP contribution < -0.4 is 5.73 Å². The molecule has 2 aliphatic rings. The molecule has 1 aliphatic carbocycles. The van der Waals surface area contributed by atoms with E-state index in [9.17, 15) is 4.79 Å². The maximum Gasteiger partial charge on any atom is 0.227 e. The second-order valence-electron chi connectivity index (χ2n) is 4.13. The second kappa shape index (κ2) is 3.27. The first-order valence-corrected chi connectivity index (χ1v) is 4.91. The van der Waals surface area contributed by atoms with Crippen LogP contribution in [0.5, 0.6) is 0 Å². The Hall–Kier alpha value is -0.610. The molecule has 74 valence electrons. The van der Waals surface area contributed by atoms with Crippen molar-refractivity contribution in [3.63, 3.8) is 0 Å². The quantitative estimate of drug-likeness (QED) is 0.573. The van der Waals surface area contributed by atoms with E-state index >= 15 is 0 Å². The molecule has 13 heavy (non-hydrogen) atoms. The van der Waals surface area contributed by atoms with Gasteiger partial charge in [-0.3, -0.25) is 4.79 Å². The van der Waals surface area contributed by atoms with Crippen molar-refractivity contribution in [3.8, 4) is 0 Å². The number of nitrogens with two attached hydrogens (primary N) is 1. The summed E-state index contributed by atoms with van der Waals surface area (Å²) < 4.78 is 0. The van der Waals surface area contributed by atoms with Gasteiger partial charge < -0.3 is 15.5 Å². The Bertz CT molecular complexity index is 211. The molecule has 0 radical (unpaired) electrons. The van der Waals surface area contributed by atoms with Crippen LogP contribution in [-0.4, -0.2) is 55.0 Å². The minimum absolute atomic E-state index is 0.142. The molecule has 2 N–H and O–H groups in total. The number of amides is 1. The fourth-order valence-electron chi connectivity index (χ4n) is 1.76. The average Bonchev–Trinajstić information content (AvgIpc) is 2.83. The number of carbonyl (C=O) groups is 1. The summed E-state index contributed by atoms with van der Waals surface area (Å²) in [4.78, 5) is 15.9. The van der Waals surface area contributed by atoms with E-state index in [1.54, 1.807) is 0 Å². The van der Waals surface area contributed by atoms with Gasteiger partial charge >= 0.3 is 0 Å². The molecular formula is C9H17N3O. The Balaban J connectivity index is 1.84. The molecule has 1 heterocycles. The van der Waals surface area contributed by atoms with Crippen molar-refractivity contribution in [1.82, 2.24) is 9.80 Å². The highest BCUT2D eigenvalue weighted by molar-refractivity contribution is 5.82. The lowest BCUT2D eigenvalue weighted by atomic mass is 10.2. The molecular weight excluding hydrogens is 166 g/mol. The van der Waals surface area contributed by atoms with Gasteiger partial charge in [0.1, 0.15) is 0 Å². The van der Waals surface area contributed by atoms with Crippen LogP contribution in [0, 0.1) is 5.92 Å². The largest absolute Gasteiger partial charge is 0.340 e. The van der Waals surface area contributed by atoms with Crippen LogP contribution in [0.4, 0.5) is 0 Å². The minimum atomic E-state index is 0.142. The van der Waals surface area contributed by atoms with Gasteiger partial charge in [0, 0.05) is 32.2 Å². The number of hydrogen-bond donors (Lipinski definition) is 1. The number of piperazine rings is 1. The highest BCUT2D eigenvalue weighted by Crippen LogP contribution is 2.30. The van der Waals surface area contributed by atoms with Crippen molar-refractivity contribution in [2.75, 3.05) is 33.2 Å². The van der Waals surface area contributed by atoms with Crippen molar-refractivity contribution in [1.29, 1.82) is 0 Å². The fourth-order valence-corrected chi connectivity index (χ4v) is 1.76. The highest BCUT2D eigenvalue weighted by atomic mass is 16.2. The Morgan fingerprint density at radius 2 is 1.85 bits per heavy atom. The van der Waals surface area contributed by atoms with Crippen LogP contribution in [0.1, 0.15) is 6.42 Å². The highest BCUT2D eigenvalue weighted by Gasteiger charge is 2.42. The summed E-state index contributed by atoms with van der Waals surface area (Å²) in [5, 5.41) is 0. The number of nitrogens with zero attached hydrogens (tertiary/aromatic N) is 2. The summed E-state index contributed by atoms with van der Waals surface area (Å²) >= 11 is 0. The third-order valence-corrected chi connectivity index (χ3v) is 2.97. The summed E-state index contributed by atoms with van der Waals surface area (Å²) in [5.41, 5.74) is 5.64. The fraction of sp³-hybridized carbons (Fsp3) is 0.889. The van der Waals surface area contributed by atoms with Gasteiger partial charge in [0.2, 0.25) is 5.91 Å². The van der Waals surface area contributed by atoms with Crippen molar-refractivity contribution in [2.24, 2.45) is 11.7 Å². The molecule has 1 saturated carbocycles. The molecule has 0 aromatic rings. The van der Waals surface area contributed by atoms with Gasteiger partial charge in [-0.2, -0.15) is 0 Å². The number of hydrogen-bond acceptors (Lipinski definition) is 3. The number of likely N-dealkylation sites (N-methyl/N-ethyl adjacent to an activating group) is 1. The lowest BCUT2D eigenvalue weighted by Crippen LogP contribution is -2.48. The lowest BCUT2D eigenvalue weighted by molar-refractivity contribution is -0.134. The molecule has 4 nitrogen and oxygen atoms in total. The van der Waals surface area contributed by atoms with Crippen molar-refractivity contribution in [3.05, 3.63) is 0 Å². The summed E-state index contributed by atoms with van der Waals surface area (Å²) in [6.07, 6.45) is 0.894. The maximum atomic E-state index is 11.7. The summed E-state index contributed by atoms with van der Waals surface area (Å²) in [6, 6.07) is 0.146. The molecule has 1 aliphatic heterocycles. The van der Waals surface area contributed by atoms with E-state index in [4.69, 9.17) is 5.73 Å². The standard InChI is InChI=1S/C9H17N3O/c1-11-2-4-12(5-3-11)9(13)7-6-8(7)10/h7-8H,2-6,10H2,1H3. The van der Waals surface area contributed by atoms with E-state index in [1.165, 1.54) is 0 Å². The van der Waals surface area contributed by atoms with Gasteiger partial charge in [0.25, 0.3) is 0 Å². The third-order valence-electron chi connectivity index (χ3n) is 2.97. The first kappa shape index (κ1) is 8.97. The van der Waals surface area contributed by atoms with Gasteiger partial charge in [0.15, 0.2) is 0 Å². The molecule has 2 rings (SSSR count). The molecule has 2 fully saturated rings. The first-order valence-electron chi connectivity index (χ1n) is 4.91. The van der Waals surface area contributed by atoms with Gasteiger partial charge in [-0.05, 0) is 13.5 Å². The zero-order valence-electron chi connectivity index (χ0n) is 8.07. The molecule has 0 bridgehead atoms. The molecule has 1 amide bonds. The van der Waals surface area contributed by atoms with Crippen LogP contribution in [0.15, 0.2) is 0 Å². The summed E-state index contributed by atoms with van der Waals surface area (Å²) in [6.45, 7) is 3.73. The molecule has 0 spiro atoms. The van der Waals surface area contributed by atoms with Crippen LogP contribution in [0.3, 0.4) is 0 Å². The smallest absolute Gasteiger partial charge is 0.227 e. The molecule has 1 saturated heterocycles. The molecule has 2 unspecified atom stereocenters. The Kier molecular flexibility index (Phi) is 2.26. The Labute approximate surface area is 78.7 Å². The van der Waals surface area contributed by atoms with Crippen molar-refractivity contribution >= 4 is 5.91 Å². The molecule has 4 heteroatoms. The van der Waals surface area contributed by atoms with Crippen LogP contribution >= 0.6 is 0 Å². The zero-order chi connectivity index (χ0) is 9.42. The maximum absolute atomic E-state index is 11.7. The van der Waals surface area contributed by atoms with Crippen molar-refractivity contribution < 1.29 is 4.79 Å². The summed E-state index contributed by atoms with van der Waals surface area (Å²) in [5.74, 6) is 0.420.